The Kier molecular flexibility index (Phi) is 5.44. The van der Waals surface area contributed by atoms with Crippen LogP contribution in [0.1, 0.15) is 15.2 Å². The third kappa shape index (κ3) is 3.74. The highest BCUT2D eigenvalue weighted by Gasteiger charge is 2.15. The van der Waals surface area contributed by atoms with E-state index in [2.05, 4.69) is 6.58 Å². The summed E-state index contributed by atoms with van der Waals surface area (Å²) in [5.41, 5.74) is 0.723. The van der Waals surface area contributed by atoms with Gasteiger partial charge in [0, 0.05) is 21.9 Å². The summed E-state index contributed by atoms with van der Waals surface area (Å²) in [6.45, 7) is 4.93. The van der Waals surface area contributed by atoms with Gasteiger partial charge in [-0.05, 0) is 42.0 Å². The van der Waals surface area contributed by atoms with Gasteiger partial charge in [-0.2, -0.15) is 0 Å². The summed E-state index contributed by atoms with van der Waals surface area (Å²) in [5.74, 6) is 0.0472. The number of hydrogen-bond acceptors (Lipinski definition) is 3. The number of rotatable bonds is 6. The van der Waals surface area contributed by atoms with Crippen molar-refractivity contribution in [2.24, 2.45) is 0 Å². The fourth-order valence-corrected chi connectivity index (χ4v) is 3.01. The lowest BCUT2D eigenvalue weighted by molar-refractivity contribution is 0.0764. The Hall–Kier alpha value is -1.52. The van der Waals surface area contributed by atoms with E-state index in [1.165, 1.54) is 4.88 Å². The largest absolute Gasteiger partial charge is 0.330 e. The molecule has 104 valence electrons. The molecule has 0 saturated carbocycles. The number of nitrogens with zero attached hydrogens (tertiary/aromatic N) is 1. The number of thiophene rings is 1. The second kappa shape index (κ2) is 7.31. The van der Waals surface area contributed by atoms with Crippen LogP contribution in [0, 0.1) is 0 Å². The molecule has 20 heavy (non-hydrogen) atoms. The van der Waals surface area contributed by atoms with Crippen LogP contribution in [0.2, 0.25) is 0 Å². The summed E-state index contributed by atoms with van der Waals surface area (Å²) < 4.78 is 0. The second-order valence-electron chi connectivity index (χ2n) is 4.28. The molecule has 2 aromatic rings. The average molecular weight is 303 g/mol. The van der Waals surface area contributed by atoms with E-state index in [9.17, 15) is 4.79 Å². The Morgan fingerprint density at radius 2 is 2.10 bits per heavy atom. The fourth-order valence-electron chi connectivity index (χ4n) is 1.88. The lowest BCUT2D eigenvalue weighted by Gasteiger charge is -2.20. The fraction of sp³-hybridized carbons (Fsp3) is 0.188. The van der Waals surface area contributed by atoms with E-state index in [1.807, 2.05) is 52.9 Å². The van der Waals surface area contributed by atoms with Gasteiger partial charge in [0.25, 0.3) is 5.91 Å². The second-order valence-corrected chi connectivity index (χ2v) is 6.19. The van der Waals surface area contributed by atoms with E-state index in [0.29, 0.717) is 13.1 Å². The predicted molar refractivity (Wildman–Crippen MR) is 87.5 cm³/mol. The molecule has 0 atom stereocenters. The number of carbonyl (C=O) groups is 1. The lowest BCUT2D eigenvalue weighted by atomic mass is 10.2. The third-order valence-electron chi connectivity index (χ3n) is 2.90. The van der Waals surface area contributed by atoms with E-state index in [4.69, 9.17) is 0 Å². The van der Waals surface area contributed by atoms with E-state index in [-0.39, 0.29) is 5.91 Å². The van der Waals surface area contributed by atoms with Crippen molar-refractivity contribution in [3.63, 3.8) is 0 Å². The summed E-state index contributed by atoms with van der Waals surface area (Å²) in [5, 5.41) is 2.03. The molecule has 0 radical (unpaired) electrons. The molecule has 0 aliphatic rings. The highest BCUT2D eigenvalue weighted by Crippen LogP contribution is 2.18. The maximum atomic E-state index is 12.5. The SMILES string of the molecule is C=CCN(Cc1cccs1)C(=O)c1ccc(SC)cc1. The van der Waals surface area contributed by atoms with Gasteiger partial charge in [-0.3, -0.25) is 4.79 Å². The molecule has 1 aromatic carbocycles. The maximum absolute atomic E-state index is 12.5. The molecule has 0 spiro atoms. The smallest absolute Gasteiger partial charge is 0.254 e. The number of benzene rings is 1. The molecule has 0 unspecified atom stereocenters. The molecular formula is C16H17NOS2. The monoisotopic (exact) mass is 303 g/mol. The van der Waals surface area contributed by atoms with Crippen molar-refractivity contribution in [2.45, 2.75) is 11.4 Å². The van der Waals surface area contributed by atoms with Gasteiger partial charge in [0.05, 0.1) is 6.54 Å². The zero-order chi connectivity index (χ0) is 14.4. The van der Waals surface area contributed by atoms with Gasteiger partial charge in [0.1, 0.15) is 0 Å². The van der Waals surface area contributed by atoms with Crippen molar-refractivity contribution in [1.29, 1.82) is 0 Å². The molecule has 2 rings (SSSR count). The maximum Gasteiger partial charge on any atom is 0.254 e. The Labute approximate surface area is 128 Å². The minimum Gasteiger partial charge on any atom is -0.330 e. The van der Waals surface area contributed by atoms with Crippen molar-refractivity contribution in [1.82, 2.24) is 4.90 Å². The molecule has 4 heteroatoms. The van der Waals surface area contributed by atoms with Crippen LogP contribution in [0.4, 0.5) is 0 Å². The zero-order valence-electron chi connectivity index (χ0n) is 11.4. The first-order valence-electron chi connectivity index (χ1n) is 6.31. The Balaban J connectivity index is 2.14. The highest BCUT2D eigenvalue weighted by atomic mass is 32.2. The van der Waals surface area contributed by atoms with Crippen molar-refractivity contribution >= 4 is 29.0 Å². The van der Waals surface area contributed by atoms with Gasteiger partial charge in [-0.15, -0.1) is 29.7 Å². The lowest BCUT2D eigenvalue weighted by Crippen LogP contribution is -2.30. The molecule has 1 heterocycles. The summed E-state index contributed by atoms with van der Waals surface area (Å²) in [7, 11) is 0. The van der Waals surface area contributed by atoms with Crippen molar-refractivity contribution in [2.75, 3.05) is 12.8 Å². The van der Waals surface area contributed by atoms with E-state index < -0.39 is 0 Å². The molecule has 0 N–H and O–H groups in total. The van der Waals surface area contributed by atoms with E-state index >= 15 is 0 Å². The van der Waals surface area contributed by atoms with Gasteiger partial charge >= 0.3 is 0 Å². The molecule has 0 aliphatic heterocycles. The van der Waals surface area contributed by atoms with Crippen LogP contribution < -0.4 is 0 Å². The van der Waals surface area contributed by atoms with Gasteiger partial charge in [0.15, 0.2) is 0 Å². The molecule has 0 aliphatic carbocycles. The number of hydrogen-bond donors (Lipinski definition) is 0. The minimum atomic E-state index is 0.0472. The van der Waals surface area contributed by atoms with E-state index in [0.717, 1.165) is 10.5 Å². The first-order chi connectivity index (χ1) is 9.74. The topological polar surface area (TPSA) is 20.3 Å². The Bertz CT molecular complexity index is 561. The standard InChI is InChI=1S/C16H17NOS2/c1-3-10-17(12-15-5-4-11-20-15)16(18)13-6-8-14(19-2)9-7-13/h3-9,11H,1,10,12H2,2H3. The molecule has 0 saturated heterocycles. The van der Waals surface area contributed by atoms with Crippen LogP contribution in [0.5, 0.6) is 0 Å². The molecule has 0 fully saturated rings. The minimum absolute atomic E-state index is 0.0472. The van der Waals surface area contributed by atoms with Crippen LogP contribution in [-0.4, -0.2) is 23.6 Å². The van der Waals surface area contributed by atoms with Crippen LogP contribution in [0.15, 0.2) is 59.3 Å². The van der Waals surface area contributed by atoms with Gasteiger partial charge < -0.3 is 4.90 Å². The molecule has 1 amide bonds. The molecule has 2 nitrogen and oxygen atoms in total. The van der Waals surface area contributed by atoms with Crippen molar-refractivity contribution in [3.05, 3.63) is 64.9 Å². The van der Waals surface area contributed by atoms with Gasteiger partial charge in [0.2, 0.25) is 0 Å². The summed E-state index contributed by atoms with van der Waals surface area (Å²) in [6, 6.07) is 11.8. The van der Waals surface area contributed by atoms with Crippen LogP contribution >= 0.6 is 23.1 Å². The molecule has 1 aromatic heterocycles. The van der Waals surface area contributed by atoms with Gasteiger partial charge in [-0.25, -0.2) is 0 Å². The number of amides is 1. The number of carbonyl (C=O) groups excluding carboxylic acids is 1. The average Bonchev–Trinajstić information content (AvgIpc) is 2.99. The number of thioether (sulfide) groups is 1. The summed E-state index contributed by atoms with van der Waals surface area (Å²) >= 11 is 3.34. The first kappa shape index (κ1) is 14.9. The first-order valence-corrected chi connectivity index (χ1v) is 8.41. The van der Waals surface area contributed by atoms with Crippen LogP contribution in [0.3, 0.4) is 0 Å². The Morgan fingerprint density at radius 1 is 1.35 bits per heavy atom. The molecular weight excluding hydrogens is 286 g/mol. The quantitative estimate of drug-likeness (QED) is 0.586. The normalized spacial score (nSPS) is 10.2. The van der Waals surface area contributed by atoms with Crippen molar-refractivity contribution < 1.29 is 4.79 Å². The van der Waals surface area contributed by atoms with Crippen LogP contribution in [-0.2, 0) is 6.54 Å². The highest BCUT2D eigenvalue weighted by molar-refractivity contribution is 7.98. The van der Waals surface area contributed by atoms with E-state index in [1.54, 1.807) is 29.2 Å². The predicted octanol–water partition coefficient (Wildman–Crippen LogP) is 4.30. The summed E-state index contributed by atoms with van der Waals surface area (Å²) in [4.78, 5) is 16.7. The van der Waals surface area contributed by atoms with Crippen molar-refractivity contribution in [3.8, 4) is 0 Å². The van der Waals surface area contributed by atoms with Gasteiger partial charge in [-0.1, -0.05) is 12.1 Å². The van der Waals surface area contributed by atoms with Crippen LogP contribution in [0.25, 0.3) is 0 Å². The summed E-state index contributed by atoms with van der Waals surface area (Å²) in [6.07, 6.45) is 3.79. The zero-order valence-corrected chi connectivity index (χ0v) is 13.0. The molecule has 0 bridgehead atoms. The third-order valence-corrected chi connectivity index (χ3v) is 4.51. The Morgan fingerprint density at radius 3 is 2.65 bits per heavy atom.